The van der Waals surface area contributed by atoms with Crippen molar-refractivity contribution >= 4 is 22.2 Å². The molecule has 0 aliphatic carbocycles. The SMILES string of the molecule is C#CC(=O)Nc1ccc(CN)s1. The molecular weight excluding hydrogens is 172 g/mol. The van der Waals surface area contributed by atoms with Gasteiger partial charge in [-0.1, -0.05) is 0 Å². The van der Waals surface area contributed by atoms with Crippen LogP contribution < -0.4 is 11.1 Å². The summed E-state index contributed by atoms with van der Waals surface area (Å²) in [5.74, 6) is 1.54. The molecule has 0 aliphatic rings. The summed E-state index contributed by atoms with van der Waals surface area (Å²) in [5.41, 5.74) is 5.38. The average Bonchev–Trinajstić information content (AvgIpc) is 2.52. The quantitative estimate of drug-likeness (QED) is 0.661. The van der Waals surface area contributed by atoms with E-state index in [1.54, 1.807) is 6.07 Å². The summed E-state index contributed by atoms with van der Waals surface area (Å²) < 4.78 is 0. The van der Waals surface area contributed by atoms with E-state index >= 15 is 0 Å². The third-order valence-electron chi connectivity index (χ3n) is 1.23. The molecule has 1 aromatic heterocycles. The first-order valence-corrected chi connectivity index (χ1v) is 4.14. The molecule has 0 unspecified atom stereocenters. The lowest BCUT2D eigenvalue weighted by atomic mass is 10.5. The van der Waals surface area contributed by atoms with Gasteiger partial charge in [0, 0.05) is 11.4 Å². The Labute approximate surface area is 74.6 Å². The number of anilines is 1. The molecule has 0 aliphatic heterocycles. The number of nitrogens with one attached hydrogen (secondary N) is 1. The first-order valence-electron chi connectivity index (χ1n) is 3.32. The molecule has 1 heterocycles. The second-order valence-electron chi connectivity index (χ2n) is 2.07. The number of amides is 1. The van der Waals surface area contributed by atoms with Gasteiger partial charge in [-0.15, -0.1) is 17.8 Å². The van der Waals surface area contributed by atoms with Gasteiger partial charge >= 0.3 is 5.91 Å². The van der Waals surface area contributed by atoms with Crippen LogP contribution in [0.4, 0.5) is 5.00 Å². The van der Waals surface area contributed by atoms with E-state index in [1.807, 2.05) is 12.0 Å². The van der Waals surface area contributed by atoms with E-state index in [0.717, 1.165) is 9.88 Å². The maximum atomic E-state index is 10.7. The Morgan fingerprint density at radius 2 is 2.50 bits per heavy atom. The van der Waals surface area contributed by atoms with E-state index in [9.17, 15) is 4.79 Å². The predicted molar refractivity (Wildman–Crippen MR) is 49.7 cm³/mol. The Hall–Kier alpha value is -1.31. The lowest BCUT2D eigenvalue weighted by Crippen LogP contribution is -2.06. The highest BCUT2D eigenvalue weighted by atomic mass is 32.1. The molecule has 12 heavy (non-hydrogen) atoms. The molecule has 0 saturated carbocycles. The van der Waals surface area contributed by atoms with Gasteiger partial charge in [0.15, 0.2) is 0 Å². The van der Waals surface area contributed by atoms with Gasteiger partial charge in [-0.2, -0.15) is 0 Å². The van der Waals surface area contributed by atoms with E-state index < -0.39 is 5.91 Å². The fourth-order valence-corrected chi connectivity index (χ4v) is 1.48. The molecule has 0 bridgehead atoms. The lowest BCUT2D eigenvalue weighted by Gasteiger charge is -1.93. The van der Waals surface area contributed by atoms with Crippen molar-refractivity contribution in [2.75, 3.05) is 5.32 Å². The normalized spacial score (nSPS) is 9.00. The van der Waals surface area contributed by atoms with Gasteiger partial charge in [-0.3, -0.25) is 4.79 Å². The molecule has 0 spiro atoms. The fraction of sp³-hybridized carbons (Fsp3) is 0.125. The first kappa shape index (κ1) is 8.78. The third-order valence-corrected chi connectivity index (χ3v) is 2.25. The van der Waals surface area contributed by atoms with Crippen LogP contribution in [0.1, 0.15) is 4.88 Å². The van der Waals surface area contributed by atoms with Crippen molar-refractivity contribution < 1.29 is 4.79 Å². The van der Waals surface area contributed by atoms with Crippen LogP contribution in [0.3, 0.4) is 0 Å². The monoisotopic (exact) mass is 180 g/mol. The van der Waals surface area contributed by atoms with Crippen molar-refractivity contribution in [3.05, 3.63) is 17.0 Å². The number of hydrogen-bond donors (Lipinski definition) is 2. The lowest BCUT2D eigenvalue weighted by molar-refractivity contribution is -0.111. The molecule has 4 heteroatoms. The number of hydrogen-bond acceptors (Lipinski definition) is 3. The molecular formula is C8H8N2OS. The summed E-state index contributed by atoms with van der Waals surface area (Å²) in [7, 11) is 0. The zero-order chi connectivity index (χ0) is 8.97. The number of nitrogens with two attached hydrogens (primary N) is 1. The molecule has 1 amide bonds. The second kappa shape index (κ2) is 3.90. The van der Waals surface area contributed by atoms with Crippen LogP contribution in [0.15, 0.2) is 12.1 Å². The number of terminal acetylenes is 1. The Morgan fingerprint density at radius 1 is 1.75 bits per heavy atom. The minimum Gasteiger partial charge on any atom is -0.326 e. The highest BCUT2D eigenvalue weighted by molar-refractivity contribution is 7.16. The second-order valence-corrected chi connectivity index (χ2v) is 3.24. The average molecular weight is 180 g/mol. The van der Waals surface area contributed by atoms with Gasteiger partial charge in [0.25, 0.3) is 0 Å². The van der Waals surface area contributed by atoms with Crippen LogP contribution in [-0.4, -0.2) is 5.91 Å². The summed E-state index contributed by atoms with van der Waals surface area (Å²) in [5, 5.41) is 3.27. The third kappa shape index (κ3) is 2.09. The molecule has 1 aromatic rings. The number of rotatable bonds is 2. The molecule has 0 fully saturated rings. The highest BCUT2D eigenvalue weighted by Crippen LogP contribution is 2.20. The van der Waals surface area contributed by atoms with Gasteiger partial charge in [0.2, 0.25) is 0 Å². The Bertz CT molecular complexity index is 324. The highest BCUT2D eigenvalue weighted by Gasteiger charge is 2.00. The molecule has 0 saturated heterocycles. The Kier molecular flexibility index (Phi) is 2.86. The van der Waals surface area contributed by atoms with Gasteiger partial charge < -0.3 is 11.1 Å². The summed E-state index contributed by atoms with van der Waals surface area (Å²) in [6.07, 6.45) is 4.88. The minimum atomic E-state index is -0.430. The van der Waals surface area contributed by atoms with Crippen molar-refractivity contribution in [1.82, 2.24) is 0 Å². The summed E-state index contributed by atoms with van der Waals surface area (Å²) in [4.78, 5) is 11.7. The first-order chi connectivity index (χ1) is 5.76. The summed E-state index contributed by atoms with van der Waals surface area (Å²) in [6, 6.07) is 3.64. The topological polar surface area (TPSA) is 55.1 Å². The van der Waals surface area contributed by atoms with Crippen LogP contribution in [0.2, 0.25) is 0 Å². The minimum absolute atomic E-state index is 0.430. The van der Waals surface area contributed by atoms with Crippen molar-refractivity contribution in [3.63, 3.8) is 0 Å². The largest absolute Gasteiger partial charge is 0.326 e. The van der Waals surface area contributed by atoms with Crippen molar-refractivity contribution in [3.8, 4) is 12.3 Å². The van der Waals surface area contributed by atoms with Crippen molar-refractivity contribution in [2.24, 2.45) is 5.73 Å². The van der Waals surface area contributed by atoms with Crippen LogP contribution in [0.5, 0.6) is 0 Å². The summed E-state index contributed by atoms with van der Waals surface area (Å²) in [6.45, 7) is 0.483. The molecule has 0 radical (unpaired) electrons. The zero-order valence-electron chi connectivity index (χ0n) is 6.33. The van der Waals surface area contributed by atoms with Crippen LogP contribution >= 0.6 is 11.3 Å². The van der Waals surface area contributed by atoms with E-state index in [2.05, 4.69) is 5.32 Å². The molecule has 62 valence electrons. The zero-order valence-corrected chi connectivity index (χ0v) is 7.15. The van der Waals surface area contributed by atoms with Gasteiger partial charge in [-0.25, -0.2) is 0 Å². The van der Waals surface area contributed by atoms with Gasteiger partial charge in [0.1, 0.15) is 0 Å². The van der Waals surface area contributed by atoms with Crippen LogP contribution in [0.25, 0.3) is 0 Å². The van der Waals surface area contributed by atoms with Crippen LogP contribution in [0, 0.1) is 12.3 Å². The summed E-state index contributed by atoms with van der Waals surface area (Å²) >= 11 is 1.42. The van der Waals surface area contributed by atoms with E-state index in [-0.39, 0.29) is 0 Å². The fourth-order valence-electron chi connectivity index (χ4n) is 0.703. The smallest absolute Gasteiger partial charge is 0.300 e. The maximum absolute atomic E-state index is 10.7. The standard InChI is InChI=1S/C8H8N2OS/c1-2-7(11)10-8-4-3-6(5-9)12-8/h1,3-4H,5,9H2,(H,10,11). The van der Waals surface area contributed by atoms with Crippen molar-refractivity contribution in [2.45, 2.75) is 6.54 Å². The number of carbonyl (C=O) groups is 1. The van der Waals surface area contributed by atoms with Crippen LogP contribution in [-0.2, 0) is 11.3 Å². The molecule has 1 rings (SSSR count). The maximum Gasteiger partial charge on any atom is 0.300 e. The van der Waals surface area contributed by atoms with E-state index in [4.69, 9.17) is 12.2 Å². The van der Waals surface area contributed by atoms with E-state index in [1.165, 1.54) is 11.3 Å². The molecule has 0 aromatic carbocycles. The molecule has 3 nitrogen and oxygen atoms in total. The van der Waals surface area contributed by atoms with E-state index in [0.29, 0.717) is 6.54 Å². The Morgan fingerprint density at radius 3 is 3.00 bits per heavy atom. The molecule has 0 atom stereocenters. The molecule has 3 N–H and O–H groups in total. The van der Waals surface area contributed by atoms with Crippen molar-refractivity contribution in [1.29, 1.82) is 0 Å². The number of thiophene rings is 1. The van der Waals surface area contributed by atoms with Gasteiger partial charge in [0.05, 0.1) is 5.00 Å². The number of carbonyl (C=O) groups excluding carboxylic acids is 1. The Balaban J connectivity index is 2.65. The van der Waals surface area contributed by atoms with Gasteiger partial charge in [-0.05, 0) is 18.1 Å². The predicted octanol–water partition coefficient (Wildman–Crippen LogP) is 0.778.